The number of carbonyl (C=O) groups excluding carboxylic acids is 2. The van der Waals surface area contributed by atoms with Gasteiger partial charge in [0.05, 0.1) is 18.4 Å². The standard InChI is InChI=1S/C21H25N3O3/c1-15-12-16(2)14-17(13-15)22-21(26)24-10-8-23(9-11-24)19-7-5-4-6-18(19)20(25)27-3/h4-7,12-14H,8-11H2,1-3H3,(H,22,26). The average Bonchev–Trinajstić information content (AvgIpc) is 2.66. The average molecular weight is 367 g/mol. The Kier molecular flexibility index (Phi) is 5.64. The fourth-order valence-corrected chi connectivity index (χ4v) is 3.43. The number of piperazine rings is 1. The quantitative estimate of drug-likeness (QED) is 0.844. The number of nitrogens with one attached hydrogen (secondary N) is 1. The van der Waals surface area contributed by atoms with E-state index < -0.39 is 0 Å². The summed E-state index contributed by atoms with van der Waals surface area (Å²) in [6, 6.07) is 13.3. The Morgan fingerprint density at radius 2 is 1.59 bits per heavy atom. The minimum Gasteiger partial charge on any atom is -0.465 e. The van der Waals surface area contributed by atoms with Crippen molar-refractivity contribution in [1.29, 1.82) is 0 Å². The number of para-hydroxylation sites is 1. The molecule has 6 heteroatoms. The predicted octanol–water partition coefficient (Wildman–Crippen LogP) is 3.44. The van der Waals surface area contributed by atoms with Crippen molar-refractivity contribution in [1.82, 2.24) is 4.90 Å². The molecule has 1 aliphatic rings. The first kappa shape index (κ1) is 18.8. The number of esters is 1. The van der Waals surface area contributed by atoms with Crippen LogP contribution in [0.25, 0.3) is 0 Å². The van der Waals surface area contributed by atoms with E-state index >= 15 is 0 Å². The van der Waals surface area contributed by atoms with Crippen molar-refractivity contribution < 1.29 is 14.3 Å². The van der Waals surface area contributed by atoms with Gasteiger partial charge in [-0.3, -0.25) is 0 Å². The number of hydrogen-bond acceptors (Lipinski definition) is 4. The Bertz CT molecular complexity index is 822. The third-order valence-electron chi connectivity index (χ3n) is 4.69. The molecule has 2 aromatic rings. The summed E-state index contributed by atoms with van der Waals surface area (Å²) in [6.45, 7) is 6.53. The molecule has 0 aromatic heterocycles. The van der Waals surface area contributed by atoms with E-state index in [-0.39, 0.29) is 12.0 Å². The maximum Gasteiger partial charge on any atom is 0.339 e. The second-order valence-corrected chi connectivity index (χ2v) is 6.79. The smallest absolute Gasteiger partial charge is 0.339 e. The van der Waals surface area contributed by atoms with Gasteiger partial charge in [0, 0.05) is 31.9 Å². The van der Waals surface area contributed by atoms with Crippen molar-refractivity contribution in [3.05, 3.63) is 59.2 Å². The summed E-state index contributed by atoms with van der Waals surface area (Å²) in [4.78, 5) is 28.5. The maximum absolute atomic E-state index is 12.6. The fraction of sp³-hybridized carbons (Fsp3) is 0.333. The summed E-state index contributed by atoms with van der Waals surface area (Å²) in [5.41, 5.74) is 4.45. The lowest BCUT2D eigenvalue weighted by Gasteiger charge is -2.36. The first-order valence-corrected chi connectivity index (χ1v) is 9.04. The van der Waals surface area contributed by atoms with Gasteiger partial charge in [0.1, 0.15) is 0 Å². The van der Waals surface area contributed by atoms with Gasteiger partial charge >= 0.3 is 12.0 Å². The Balaban J connectivity index is 1.64. The molecule has 0 unspecified atom stereocenters. The molecule has 1 N–H and O–H groups in total. The van der Waals surface area contributed by atoms with E-state index in [4.69, 9.17) is 4.74 Å². The molecule has 6 nitrogen and oxygen atoms in total. The van der Waals surface area contributed by atoms with E-state index in [0.717, 1.165) is 22.5 Å². The van der Waals surface area contributed by atoms with Crippen molar-refractivity contribution in [2.45, 2.75) is 13.8 Å². The van der Waals surface area contributed by atoms with E-state index in [9.17, 15) is 9.59 Å². The minimum absolute atomic E-state index is 0.0964. The monoisotopic (exact) mass is 367 g/mol. The highest BCUT2D eigenvalue weighted by atomic mass is 16.5. The van der Waals surface area contributed by atoms with Gasteiger partial charge in [-0.15, -0.1) is 0 Å². The SMILES string of the molecule is COC(=O)c1ccccc1N1CCN(C(=O)Nc2cc(C)cc(C)c2)CC1. The van der Waals surface area contributed by atoms with Gasteiger partial charge in [-0.1, -0.05) is 18.2 Å². The van der Waals surface area contributed by atoms with Gasteiger partial charge < -0.3 is 19.9 Å². The van der Waals surface area contributed by atoms with Crippen molar-refractivity contribution in [2.24, 2.45) is 0 Å². The molecule has 2 amide bonds. The van der Waals surface area contributed by atoms with Crippen LogP contribution >= 0.6 is 0 Å². The largest absolute Gasteiger partial charge is 0.465 e. The number of hydrogen-bond donors (Lipinski definition) is 1. The molecule has 142 valence electrons. The normalized spacial score (nSPS) is 14.0. The third kappa shape index (κ3) is 4.39. The van der Waals surface area contributed by atoms with Gasteiger partial charge in [0.15, 0.2) is 0 Å². The molecule has 1 heterocycles. The molecule has 27 heavy (non-hydrogen) atoms. The van der Waals surface area contributed by atoms with Crippen LogP contribution in [0, 0.1) is 13.8 Å². The number of rotatable bonds is 3. The van der Waals surface area contributed by atoms with Gasteiger partial charge in [-0.05, 0) is 49.2 Å². The van der Waals surface area contributed by atoms with E-state index in [1.807, 2.05) is 44.2 Å². The van der Waals surface area contributed by atoms with E-state index in [2.05, 4.69) is 16.3 Å². The third-order valence-corrected chi connectivity index (χ3v) is 4.69. The summed E-state index contributed by atoms with van der Waals surface area (Å²) in [5, 5.41) is 2.98. The van der Waals surface area contributed by atoms with Crippen LogP contribution in [0.15, 0.2) is 42.5 Å². The zero-order chi connectivity index (χ0) is 19.4. The number of benzene rings is 2. The van der Waals surface area contributed by atoms with E-state index in [1.54, 1.807) is 11.0 Å². The maximum atomic E-state index is 12.6. The molecule has 1 saturated heterocycles. The first-order valence-electron chi connectivity index (χ1n) is 9.04. The number of aryl methyl sites for hydroxylation is 2. The van der Waals surface area contributed by atoms with Gasteiger partial charge in [0.2, 0.25) is 0 Å². The number of urea groups is 1. The van der Waals surface area contributed by atoms with Crippen LogP contribution in [-0.4, -0.2) is 50.2 Å². The van der Waals surface area contributed by atoms with Crippen LogP contribution in [0.2, 0.25) is 0 Å². The molecule has 0 aliphatic carbocycles. The summed E-state index contributed by atoms with van der Waals surface area (Å²) < 4.78 is 4.87. The fourth-order valence-electron chi connectivity index (χ4n) is 3.43. The molecule has 3 rings (SSSR count). The minimum atomic E-state index is -0.347. The number of nitrogens with zero attached hydrogens (tertiary/aromatic N) is 2. The van der Waals surface area contributed by atoms with Gasteiger partial charge in [-0.25, -0.2) is 9.59 Å². The summed E-state index contributed by atoms with van der Waals surface area (Å²) in [5.74, 6) is -0.347. The van der Waals surface area contributed by atoms with Crippen molar-refractivity contribution >= 4 is 23.4 Å². The summed E-state index contributed by atoms with van der Waals surface area (Å²) in [6.07, 6.45) is 0. The lowest BCUT2D eigenvalue weighted by molar-refractivity contribution is 0.0601. The molecule has 0 radical (unpaired) electrons. The zero-order valence-electron chi connectivity index (χ0n) is 16.0. The second kappa shape index (κ2) is 8.12. The van der Waals surface area contributed by atoms with Crippen LogP contribution in [0.5, 0.6) is 0 Å². The summed E-state index contributed by atoms with van der Waals surface area (Å²) in [7, 11) is 1.38. The zero-order valence-corrected chi connectivity index (χ0v) is 16.0. The van der Waals surface area contributed by atoms with Crippen LogP contribution in [0.1, 0.15) is 21.5 Å². The highest BCUT2D eigenvalue weighted by Crippen LogP contribution is 2.23. The Morgan fingerprint density at radius 1 is 0.963 bits per heavy atom. The van der Waals surface area contributed by atoms with Crippen molar-refractivity contribution in [3.8, 4) is 0 Å². The molecule has 2 aromatic carbocycles. The Morgan fingerprint density at radius 3 is 2.22 bits per heavy atom. The van der Waals surface area contributed by atoms with E-state index in [1.165, 1.54) is 7.11 Å². The Labute approximate surface area is 159 Å². The molecule has 1 aliphatic heterocycles. The number of anilines is 2. The highest BCUT2D eigenvalue weighted by molar-refractivity contribution is 5.96. The van der Waals surface area contributed by atoms with Crippen molar-refractivity contribution in [3.63, 3.8) is 0 Å². The lowest BCUT2D eigenvalue weighted by Crippen LogP contribution is -2.50. The van der Waals surface area contributed by atoms with Crippen LogP contribution < -0.4 is 10.2 Å². The first-order chi connectivity index (χ1) is 13.0. The number of amides is 2. The molecular weight excluding hydrogens is 342 g/mol. The van der Waals surface area contributed by atoms with Gasteiger partial charge in [0.25, 0.3) is 0 Å². The number of methoxy groups -OCH3 is 1. The van der Waals surface area contributed by atoms with Crippen LogP contribution in [0.3, 0.4) is 0 Å². The number of carbonyl (C=O) groups is 2. The lowest BCUT2D eigenvalue weighted by atomic mass is 10.1. The molecule has 0 spiro atoms. The summed E-state index contributed by atoms with van der Waals surface area (Å²) >= 11 is 0. The molecule has 0 atom stereocenters. The van der Waals surface area contributed by atoms with Crippen LogP contribution in [0.4, 0.5) is 16.2 Å². The second-order valence-electron chi connectivity index (χ2n) is 6.79. The predicted molar refractivity (Wildman–Crippen MR) is 107 cm³/mol. The van der Waals surface area contributed by atoms with E-state index in [0.29, 0.717) is 31.7 Å². The van der Waals surface area contributed by atoms with Gasteiger partial charge in [-0.2, -0.15) is 0 Å². The number of ether oxygens (including phenoxy) is 1. The Hall–Kier alpha value is -3.02. The molecular formula is C21H25N3O3. The topological polar surface area (TPSA) is 61.9 Å². The molecule has 0 bridgehead atoms. The van der Waals surface area contributed by atoms with Crippen molar-refractivity contribution in [2.75, 3.05) is 43.5 Å². The molecule has 1 fully saturated rings. The molecule has 0 saturated carbocycles. The van der Waals surface area contributed by atoms with Crippen LogP contribution in [-0.2, 0) is 4.74 Å². The highest BCUT2D eigenvalue weighted by Gasteiger charge is 2.24.